The summed E-state index contributed by atoms with van der Waals surface area (Å²) in [5, 5.41) is 1.98. The van der Waals surface area contributed by atoms with E-state index in [0.717, 1.165) is 6.42 Å². The second kappa shape index (κ2) is 8.01. The van der Waals surface area contributed by atoms with E-state index in [9.17, 15) is 0 Å². The van der Waals surface area contributed by atoms with Crippen LogP contribution in [0.25, 0.3) is 0 Å². The van der Waals surface area contributed by atoms with E-state index in [2.05, 4.69) is 13.0 Å². The molecule has 0 saturated carbocycles. The predicted molar refractivity (Wildman–Crippen MR) is 64.6 cm³/mol. The topological polar surface area (TPSA) is 18.5 Å². The Morgan fingerprint density at radius 3 is 2.15 bits per heavy atom. The summed E-state index contributed by atoms with van der Waals surface area (Å²) in [7, 11) is 0. The molecular weight excluding hydrogens is 223 g/mol. The van der Waals surface area contributed by atoms with Gasteiger partial charge >= 0.3 is 0 Å². The molecule has 0 aromatic rings. The quantitative estimate of drug-likeness (QED) is 0.627. The minimum absolute atomic E-state index is 0.615. The van der Waals surface area contributed by atoms with Crippen LogP contribution in [-0.4, -0.2) is 13.2 Å². The van der Waals surface area contributed by atoms with Crippen molar-refractivity contribution in [1.82, 2.24) is 0 Å². The first-order valence-corrected chi connectivity index (χ1v) is 8.53. The van der Waals surface area contributed by atoms with Crippen LogP contribution in [0.4, 0.5) is 0 Å². The Labute approximate surface area is 90.0 Å². The maximum atomic E-state index is 5.43. The monoisotopic (exact) mass is 240 g/mol. The fourth-order valence-electron chi connectivity index (χ4n) is 0.628. The molecule has 0 unspecified atom stereocenters. The van der Waals surface area contributed by atoms with Gasteiger partial charge < -0.3 is 9.05 Å². The normalized spacial score (nSPS) is 12.5. The highest BCUT2D eigenvalue weighted by Gasteiger charge is 2.16. The summed E-state index contributed by atoms with van der Waals surface area (Å²) in [4.78, 5) is 0. The Morgan fingerprint density at radius 2 is 1.77 bits per heavy atom. The predicted octanol–water partition coefficient (Wildman–Crippen LogP) is 3.94. The van der Waals surface area contributed by atoms with Crippen molar-refractivity contribution < 1.29 is 9.05 Å². The number of hydrogen-bond donors (Lipinski definition) is 0. The summed E-state index contributed by atoms with van der Waals surface area (Å²) in [5.41, 5.74) is -2.09. The van der Waals surface area contributed by atoms with Crippen molar-refractivity contribution >= 4 is 28.9 Å². The average molecular weight is 240 g/mol. The van der Waals surface area contributed by atoms with E-state index in [1.165, 1.54) is 11.4 Å². The third-order valence-corrected chi connectivity index (χ3v) is 6.00. The van der Waals surface area contributed by atoms with Crippen molar-refractivity contribution in [2.24, 2.45) is 0 Å². The van der Waals surface area contributed by atoms with Crippen LogP contribution >= 0.6 is 17.1 Å². The minimum atomic E-state index is -2.09. The lowest BCUT2D eigenvalue weighted by Crippen LogP contribution is -1.90. The molecule has 0 radical (unpaired) electrons. The third kappa shape index (κ3) is 6.69. The Balaban J connectivity index is 4.07. The van der Waals surface area contributed by atoms with E-state index in [0.29, 0.717) is 13.2 Å². The Kier molecular flexibility index (Phi) is 8.42. The van der Waals surface area contributed by atoms with Crippen molar-refractivity contribution in [3.63, 3.8) is 0 Å². The zero-order valence-electron chi connectivity index (χ0n) is 8.36. The summed E-state index contributed by atoms with van der Waals surface area (Å²) >= 11 is 6.79. The maximum Gasteiger partial charge on any atom is 0.251 e. The van der Waals surface area contributed by atoms with E-state index in [1.807, 2.05) is 19.3 Å². The zero-order chi connectivity index (χ0) is 10.2. The van der Waals surface area contributed by atoms with E-state index in [4.69, 9.17) is 20.9 Å². The van der Waals surface area contributed by atoms with Gasteiger partial charge in [-0.05, 0) is 48.9 Å². The molecule has 13 heavy (non-hydrogen) atoms. The summed E-state index contributed by atoms with van der Waals surface area (Å²) in [6.45, 7) is 7.19. The van der Waals surface area contributed by atoms with Gasteiger partial charge in [0.05, 0.1) is 13.2 Å². The number of allylic oxidation sites excluding steroid dienone is 1. The summed E-state index contributed by atoms with van der Waals surface area (Å²) in [6.07, 6.45) is 3.07. The molecule has 0 amide bonds. The molecule has 0 fully saturated rings. The van der Waals surface area contributed by atoms with Crippen LogP contribution in [0.15, 0.2) is 11.5 Å². The van der Waals surface area contributed by atoms with Gasteiger partial charge in [-0.1, -0.05) is 13.0 Å². The highest BCUT2D eigenvalue weighted by Crippen LogP contribution is 2.61. The van der Waals surface area contributed by atoms with Gasteiger partial charge in [-0.15, -0.1) is 0 Å². The largest absolute Gasteiger partial charge is 0.322 e. The first-order chi connectivity index (χ1) is 6.18. The zero-order valence-corrected chi connectivity index (χ0v) is 10.9. The number of hydrogen-bond acceptors (Lipinski definition) is 4. The third-order valence-electron chi connectivity index (χ3n) is 1.10. The fourth-order valence-corrected chi connectivity index (χ4v) is 4.67. The van der Waals surface area contributed by atoms with Crippen LogP contribution < -0.4 is 0 Å². The standard InChI is InChI=1S/C8H17O2PS2/c1-4-7-8-13-11(12,9-5-2)10-6-3/h7-8H,4-6H2,1-3H3. The van der Waals surface area contributed by atoms with Gasteiger partial charge in [-0.25, -0.2) is 0 Å². The van der Waals surface area contributed by atoms with Gasteiger partial charge in [0.25, 0.3) is 5.69 Å². The average Bonchev–Trinajstić information content (AvgIpc) is 2.05. The molecule has 0 rings (SSSR count). The summed E-state index contributed by atoms with van der Waals surface area (Å²) < 4.78 is 10.9. The maximum absolute atomic E-state index is 5.43. The van der Waals surface area contributed by atoms with E-state index in [-0.39, 0.29) is 0 Å². The Hall–Kier alpha value is 0.660. The SMILES string of the molecule is CCC=CSP(=S)(OCC)OCC. The molecule has 0 aromatic carbocycles. The van der Waals surface area contributed by atoms with Crippen LogP contribution in [0.3, 0.4) is 0 Å². The minimum Gasteiger partial charge on any atom is -0.322 e. The highest BCUT2D eigenvalue weighted by molar-refractivity contribution is 8.69. The fraction of sp³-hybridized carbons (Fsp3) is 0.750. The molecule has 0 aliphatic carbocycles. The van der Waals surface area contributed by atoms with E-state index >= 15 is 0 Å². The molecule has 2 nitrogen and oxygen atoms in total. The highest BCUT2D eigenvalue weighted by atomic mass is 32.9. The molecule has 0 bridgehead atoms. The molecule has 0 aliphatic heterocycles. The van der Waals surface area contributed by atoms with Crippen LogP contribution in [0.2, 0.25) is 0 Å². The van der Waals surface area contributed by atoms with Crippen molar-refractivity contribution in [2.75, 3.05) is 13.2 Å². The molecule has 0 spiro atoms. The lowest BCUT2D eigenvalue weighted by Gasteiger charge is -2.17. The second-order valence-electron chi connectivity index (χ2n) is 2.17. The molecule has 5 heteroatoms. The van der Waals surface area contributed by atoms with E-state index in [1.54, 1.807) is 0 Å². The Morgan fingerprint density at radius 1 is 1.23 bits per heavy atom. The smallest absolute Gasteiger partial charge is 0.251 e. The van der Waals surface area contributed by atoms with Gasteiger partial charge in [0.2, 0.25) is 0 Å². The molecule has 0 aromatic heterocycles. The van der Waals surface area contributed by atoms with Crippen molar-refractivity contribution in [3.05, 3.63) is 11.5 Å². The van der Waals surface area contributed by atoms with Gasteiger partial charge in [0.1, 0.15) is 0 Å². The molecule has 0 atom stereocenters. The first-order valence-electron chi connectivity index (χ1n) is 4.41. The lowest BCUT2D eigenvalue weighted by atomic mass is 10.5. The Bertz CT molecular complexity index is 185. The first kappa shape index (κ1) is 13.7. The van der Waals surface area contributed by atoms with Crippen molar-refractivity contribution in [2.45, 2.75) is 27.2 Å². The summed E-state index contributed by atoms with van der Waals surface area (Å²) in [6, 6.07) is 0. The molecule has 78 valence electrons. The van der Waals surface area contributed by atoms with Crippen LogP contribution in [0, 0.1) is 0 Å². The lowest BCUT2D eigenvalue weighted by molar-refractivity contribution is 0.281. The van der Waals surface area contributed by atoms with Gasteiger partial charge in [0, 0.05) is 0 Å². The van der Waals surface area contributed by atoms with Crippen molar-refractivity contribution in [1.29, 1.82) is 0 Å². The molecule has 0 saturated heterocycles. The van der Waals surface area contributed by atoms with Gasteiger partial charge in [-0.3, -0.25) is 0 Å². The van der Waals surface area contributed by atoms with Crippen molar-refractivity contribution in [3.8, 4) is 0 Å². The van der Waals surface area contributed by atoms with Gasteiger partial charge in [0.15, 0.2) is 0 Å². The molecule has 0 N–H and O–H groups in total. The van der Waals surface area contributed by atoms with E-state index < -0.39 is 5.69 Å². The van der Waals surface area contributed by atoms with Crippen LogP contribution in [0.5, 0.6) is 0 Å². The molecule has 0 heterocycles. The molecular formula is C8H17O2PS2. The summed E-state index contributed by atoms with van der Waals surface area (Å²) in [5.74, 6) is 0. The number of rotatable bonds is 7. The second-order valence-corrected chi connectivity index (χ2v) is 8.27. The van der Waals surface area contributed by atoms with Crippen LogP contribution in [0.1, 0.15) is 27.2 Å². The van der Waals surface area contributed by atoms with Crippen LogP contribution in [-0.2, 0) is 20.9 Å². The molecule has 0 aliphatic rings. The van der Waals surface area contributed by atoms with Gasteiger partial charge in [-0.2, -0.15) is 0 Å².